The summed E-state index contributed by atoms with van der Waals surface area (Å²) in [5.74, 6) is 1.83. The van der Waals surface area contributed by atoms with Gasteiger partial charge in [0.05, 0.1) is 16.9 Å². The molecule has 2 heterocycles. The number of aryl methyl sites for hydroxylation is 2. The summed E-state index contributed by atoms with van der Waals surface area (Å²) in [6, 6.07) is 7.94. The number of H-pyrrole nitrogens is 1. The third-order valence-electron chi connectivity index (χ3n) is 5.18. The summed E-state index contributed by atoms with van der Waals surface area (Å²) in [5.41, 5.74) is 3.18. The van der Waals surface area contributed by atoms with Gasteiger partial charge in [-0.05, 0) is 54.9 Å². The molecule has 0 saturated carbocycles. The molecule has 2 N–H and O–H groups in total. The Balaban J connectivity index is 1.38. The number of thioether (sulfide) groups is 1. The van der Waals surface area contributed by atoms with Gasteiger partial charge in [-0.3, -0.25) is 9.59 Å². The molecular formula is C22H25N3O2S2. The summed E-state index contributed by atoms with van der Waals surface area (Å²) >= 11 is 3.11. The first kappa shape index (κ1) is 20.2. The smallest absolute Gasteiger partial charge is 0.259 e. The molecule has 1 aliphatic carbocycles. The quantitative estimate of drug-likeness (QED) is 0.589. The third-order valence-corrected chi connectivity index (χ3v) is 7.31. The molecule has 1 aliphatic rings. The highest BCUT2D eigenvalue weighted by Gasteiger charge is 2.19. The number of fused-ring (bicyclic) bond motifs is 3. The highest BCUT2D eigenvalue weighted by molar-refractivity contribution is 7.99. The number of nitrogens with zero attached hydrogens (tertiary/aromatic N) is 1. The van der Waals surface area contributed by atoms with E-state index in [9.17, 15) is 9.59 Å². The lowest BCUT2D eigenvalue weighted by molar-refractivity contribution is -0.113. The molecule has 7 heteroatoms. The van der Waals surface area contributed by atoms with Gasteiger partial charge < -0.3 is 10.3 Å². The van der Waals surface area contributed by atoms with Crippen LogP contribution in [0.15, 0.2) is 29.1 Å². The first-order chi connectivity index (χ1) is 14.0. The van der Waals surface area contributed by atoms with E-state index in [1.54, 1.807) is 11.3 Å². The van der Waals surface area contributed by atoms with Gasteiger partial charge in [0.2, 0.25) is 5.91 Å². The van der Waals surface area contributed by atoms with Crippen LogP contribution >= 0.6 is 23.1 Å². The van der Waals surface area contributed by atoms with E-state index < -0.39 is 0 Å². The molecule has 5 nitrogen and oxygen atoms in total. The van der Waals surface area contributed by atoms with Crippen LogP contribution in [0.3, 0.4) is 0 Å². The van der Waals surface area contributed by atoms with Crippen LogP contribution in [0.2, 0.25) is 0 Å². The van der Waals surface area contributed by atoms with Gasteiger partial charge in [0, 0.05) is 10.6 Å². The van der Waals surface area contributed by atoms with Crippen LogP contribution in [0, 0.1) is 0 Å². The molecule has 0 spiro atoms. The van der Waals surface area contributed by atoms with Crippen molar-refractivity contribution >= 4 is 44.9 Å². The van der Waals surface area contributed by atoms with Crippen LogP contribution in [0.4, 0.5) is 5.69 Å². The van der Waals surface area contributed by atoms with Gasteiger partial charge in [-0.2, -0.15) is 0 Å². The molecule has 2 aromatic heterocycles. The molecule has 0 fully saturated rings. The number of amides is 1. The van der Waals surface area contributed by atoms with Crippen LogP contribution in [0.25, 0.3) is 10.2 Å². The third kappa shape index (κ3) is 4.56. The number of anilines is 1. The van der Waals surface area contributed by atoms with Crippen LogP contribution in [-0.2, 0) is 23.4 Å². The number of rotatable bonds is 6. The van der Waals surface area contributed by atoms with Crippen LogP contribution < -0.4 is 10.9 Å². The van der Waals surface area contributed by atoms with E-state index >= 15 is 0 Å². The fraction of sp³-hybridized carbons (Fsp3) is 0.409. The van der Waals surface area contributed by atoms with Gasteiger partial charge in [0.25, 0.3) is 5.56 Å². The molecule has 0 radical (unpaired) electrons. The van der Waals surface area contributed by atoms with E-state index in [0.29, 0.717) is 23.2 Å². The molecule has 152 valence electrons. The minimum Gasteiger partial charge on any atom is -0.325 e. The number of benzene rings is 1. The minimum absolute atomic E-state index is 0.0417. The van der Waals surface area contributed by atoms with Crippen LogP contribution in [0.1, 0.15) is 54.4 Å². The van der Waals surface area contributed by atoms with Gasteiger partial charge in [0.15, 0.2) is 0 Å². The molecular weight excluding hydrogens is 402 g/mol. The maximum Gasteiger partial charge on any atom is 0.259 e. The van der Waals surface area contributed by atoms with Gasteiger partial charge >= 0.3 is 0 Å². The van der Waals surface area contributed by atoms with Gasteiger partial charge in [-0.25, -0.2) is 4.98 Å². The highest BCUT2D eigenvalue weighted by Crippen LogP contribution is 2.33. The Morgan fingerprint density at radius 2 is 2.14 bits per heavy atom. The Labute approximate surface area is 178 Å². The van der Waals surface area contributed by atoms with E-state index in [1.807, 2.05) is 18.2 Å². The second-order valence-corrected chi connectivity index (χ2v) is 9.79. The van der Waals surface area contributed by atoms with Gasteiger partial charge in [0.1, 0.15) is 10.7 Å². The summed E-state index contributed by atoms with van der Waals surface area (Å²) in [6.07, 6.45) is 4.37. The summed E-state index contributed by atoms with van der Waals surface area (Å²) in [5, 5.41) is 3.73. The molecule has 4 rings (SSSR count). The zero-order valence-corrected chi connectivity index (χ0v) is 18.3. The molecule has 29 heavy (non-hydrogen) atoms. The predicted octanol–water partition coefficient (Wildman–Crippen LogP) is 4.86. The Morgan fingerprint density at radius 3 is 2.97 bits per heavy atom. The van der Waals surface area contributed by atoms with Gasteiger partial charge in [-0.1, -0.05) is 26.0 Å². The van der Waals surface area contributed by atoms with E-state index in [2.05, 4.69) is 35.2 Å². The van der Waals surface area contributed by atoms with Gasteiger partial charge in [-0.15, -0.1) is 23.1 Å². The molecule has 3 aromatic rings. The second kappa shape index (κ2) is 8.71. The monoisotopic (exact) mass is 427 g/mol. The summed E-state index contributed by atoms with van der Waals surface area (Å²) in [7, 11) is 0. The first-order valence-electron chi connectivity index (χ1n) is 10.0. The zero-order valence-electron chi connectivity index (χ0n) is 16.7. The van der Waals surface area contributed by atoms with Crippen LogP contribution in [-0.4, -0.2) is 21.6 Å². The lowest BCUT2D eigenvalue weighted by Crippen LogP contribution is -2.15. The van der Waals surface area contributed by atoms with Crippen molar-refractivity contribution in [2.24, 2.45) is 0 Å². The topological polar surface area (TPSA) is 74.8 Å². The van der Waals surface area contributed by atoms with Crippen molar-refractivity contribution in [2.75, 3.05) is 11.1 Å². The SMILES string of the molecule is CC(C)c1cccc(NC(=O)CSCc2nc3sc4c(c3c(=O)[nH]2)CCCC4)c1. The van der Waals surface area contributed by atoms with Crippen molar-refractivity contribution in [1.82, 2.24) is 9.97 Å². The number of carbonyl (C=O) groups excluding carboxylic acids is 1. The highest BCUT2D eigenvalue weighted by atomic mass is 32.2. The van der Waals surface area contributed by atoms with E-state index in [4.69, 9.17) is 0 Å². The molecule has 0 atom stereocenters. The molecule has 0 bridgehead atoms. The number of hydrogen-bond donors (Lipinski definition) is 2. The fourth-order valence-electron chi connectivity index (χ4n) is 3.69. The standard InChI is InChI=1S/C22H25N3O2S2/c1-13(2)14-6-5-7-15(10-14)23-19(26)12-28-11-18-24-21(27)20-16-8-3-4-9-17(16)29-22(20)25-18/h5-7,10,13H,3-4,8-9,11-12H2,1-2H3,(H,23,26)(H,24,25,27). The summed E-state index contributed by atoms with van der Waals surface area (Å²) in [4.78, 5) is 34.6. The van der Waals surface area contributed by atoms with E-state index in [-0.39, 0.29) is 11.5 Å². The molecule has 0 saturated heterocycles. The maximum absolute atomic E-state index is 12.6. The minimum atomic E-state index is -0.0501. The van der Waals surface area contributed by atoms with Crippen molar-refractivity contribution in [3.63, 3.8) is 0 Å². The van der Waals surface area contributed by atoms with Crippen molar-refractivity contribution < 1.29 is 4.79 Å². The number of aromatic amines is 1. The van der Waals surface area contributed by atoms with E-state index in [1.165, 1.54) is 34.2 Å². The molecule has 0 aliphatic heterocycles. The zero-order chi connectivity index (χ0) is 20.4. The van der Waals surface area contributed by atoms with Crippen molar-refractivity contribution in [2.45, 2.75) is 51.2 Å². The number of hydrogen-bond acceptors (Lipinski definition) is 5. The Kier molecular flexibility index (Phi) is 6.06. The second-order valence-electron chi connectivity index (χ2n) is 7.72. The Morgan fingerprint density at radius 1 is 1.31 bits per heavy atom. The predicted molar refractivity (Wildman–Crippen MR) is 122 cm³/mol. The van der Waals surface area contributed by atoms with Crippen molar-refractivity contribution in [3.8, 4) is 0 Å². The molecule has 1 amide bonds. The average molecular weight is 428 g/mol. The first-order valence-corrected chi connectivity index (χ1v) is 12.0. The normalized spacial score (nSPS) is 13.6. The number of nitrogens with one attached hydrogen (secondary N) is 2. The number of aromatic nitrogens is 2. The van der Waals surface area contributed by atoms with E-state index in [0.717, 1.165) is 35.2 Å². The Hall–Kier alpha value is -2.12. The largest absolute Gasteiger partial charge is 0.325 e. The Bertz CT molecular complexity index is 1100. The number of thiophene rings is 1. The average Bonchev–Trinajstić information content (AvgIpc) is 3.07. The van der Waals surface area contributed by atoms with Crippen molar-refractivity contribution in [3.05, 3.63) is 56.4 Å². The lowest BCUT2D eigenvalue weighted by atomic mass is 9.97. The maximum atomic E-state index is 12.6. The summed E-state index contributed by atoms with van der Waals surface area (Å²) < 4.78 is 0. The van der Waals surface area contributed by atoms with Crippen LogP contribution in [0.5, 0.6) is 0 Å². The molecule has 0 unspecified atom stereocenters. The summed E-state index contributed by atoms with van der Waals surface area (Å²) in [6.45, 7) is 4.26. The fourth-order valence-corrected chi connectivity index (χ4v) is 5.66. The lowest BCUT2D eigenvalue weighted by Gasteiger charge is -2.10. The van der Waals surface area contributed by atoms with Crippen molar-refractivity contribution in [1.29, 1.82) is 0 Å². The number of carbonyl (C=O) groups is 1. The molecule has 1 aromatic carbocycles.